The highest BCUT2D eigenvalue weighted by Crippen LogP contribution is 2.28. The number of hydrogen-bond acceptors (Lipinski definition) is 6. The highest BCUT2D eigenvalue weighted by atomic mass is 35.5. The van der Waals surface area contributed by atoms with E-state index in [4.69, 9.17) is 11.6 Å². The number of benzene rings is 1. The first-order chi connectivity index (χ1) is 12.0. The Bertz CT molecular complexity index is 787. The van der Waals surface area contributed by atoms with E-state index >= 15 is 0 Å². The standard InChI is InChI=1S/C16H16ClN5O3/c17-13-5-4-12(9-14(13)22(24)25)20-15(23)11-3-1-8-21(10-11)16-18-6-2-7-19-16/h2,4-7,9,11H,1,3,8,10H2,(H,20,23). The number of aromatic nitrogens is 2. The highest BCUT2D eigenvalue weighted by molar-refractivity contribution is 6.32. The quantitative estimate of drug-likeness (QED) is 0.663. The van der Waals surface area contributed by atoms with Crippen molar-refractivity contribution >= 4 is 34.8 Å². The number of nitro groups is 1. The first kappa shape index (κ1) is 17.1. The molecule has 1 atom stereocenters. The van der Waals surface area contributed by atoms with Crippen molar-refractivity contribution in [3.8, 4) is 0 Å². The lowest BCUT2D eigenvalue weighted by Gasteiger charge is -2.31. The number of halogens is 1. The van der Waals surface area contributed by atoms with Crippen molar-refractivity contribution in [1.82, 2.24) is 9.97 Å². The summed E-state index contributed by atoms with van der Waals surface area (Å²) >= 11 is 5.79. The van der Waals surface area contributed by atoms with Gasteiger partial charge in [0.2, 0.25) is 11.9 Å². The minimum absolute atomic E-state index is 0.0352. The number of piperidine rings is 1. The number of nitrogens with zero attached hydrogens (tertiary/aromatic N) is 4. The summed E-state index contributed by atoms with van der Waals surface area (Å²) in [5.74, 6) is 0.173. The van der Waals surface area contributed by atoms with E-state index in [9.17, 15) is 14.9 Å². The summed E-state index contributed by atoms with van der Waals surface area (Å²) in [4.78, 5) is 33.3. The molecule has 3 rings (SSSR count). The van der Waals surface area contributed by atoms with Crippen molar-refractivity contribution in [1.29, 1.82) is 0 Å². The fourth-order valence-corrected chi connectivity index (χ4v) is 2.99. The Kier molecular flexibility index (Phi) is 5.08. The summed E-state index contributed by atoms with van der Waals surface area (Å²) in [5, 5.41) is 13.7. The van der Waals surface area contributed by atoms with Crippen LogP contribution >= 0.6 is 11.6 Å². The van der Waals surface area contributed by atoms with Gasteiger partial charge >= 0.3 is 0 Å². The zero-order chi connectivity index (χ0) is 17.8. The van der Waals surface area contributed by atoms with E-state index in [0.717, 1.165) is 19.4 Å². The Morgan fingerprint density at radius 3 is 2.84 bits per heavy atom. The van der Waals surface area contributed by atoms with E-state index in [2.05, 4.69) is 15.3 Å². The van der Waals surface area contributed by atoms with Gasteiger partial charge in [0.1, 0.15) is 5.02 Å². The molecular formula is C16H16ClN5O3. The number of rotatable bonds is 4. The zero-order valence-corrected chi connectivity index (χ0v) is 14.0. The van der Waals surface area contributed by atoms with E-state index in [1.807, 2.05) is 4.90 Å². The van der Waals surface area contributed by atoms with Crippen molar-refractivity contribution in [2.75, 3.05) is 23.3 Å². The molecule has 0 radical (unpaired) electrons. The topological polar surface area (TPSA) is 101 Å². The van der Waals surface area contributed by atoms with Crippen LogP contribution < -0.4 is 10.2 Å². The lowest BCUT2D eigenvalue weighted by Crippen LogP contribution is -2.41. The Morgan fingerprint density at radius 2 is 2.12 bits per heavy atom. The molecule has 0 spiro atoms. The number of amides is 1. The molecule has 0 bridgehead atoms. The van der Waals surface area contributed by atoms with Crippen LogP contribution in [0.5, 0.6) is 0 Å². The molecule has 9 heteroatoms. The first-order valence-corrected chi connectivity index (χ1v) is 8.19. The van der Waals surface area contributed by atoms with Gasteiger partial charge in [-0.2, -0.15) is 0 Å². The summed E-state index contributed by atoms with van der Waals surface area (Å²) in [6.45, 7) is 1.30. The van der Waals surface area contributed by atoms with Crippen LogP contribution in [-0.2, 0) is 4.79 Å². The Balaban J connectivity index is 1.69. The monoisotopic (exact) mass is 361 g/mol. The zero-order valence-electron chi connectivity index (χ0n) is 13.3. The van der Waals surface area contributed by atoms with E-state index < -0.39 is 4.92 Å². The van der Waals surface area contributed by atoms with Gasteiger partial charge in [-0.15, -0.1) is 0 Å². The molecule has 1 fully saturated rings. The highest BCUT2D eigenvalue weighted by Gasteiger charge is 2.27. The average molecular weight is 362 g/mol. The third-order valence-electron chi connectivity index (χ3n) is 4.04. The van der Waals surface area contributed by atoms with Crippen molar-refractivity contribution < 1.29 is 9.72 Å². The lowest BCUT2D eigenvalue weighted by molar-refractivity contribution is -0.384. The van der Waals surface area contributed by atoms with Gasteiger partial charge in [-0.05, 0) is 31.0 Å². The van der Waals surface area contributed by atoms with E-state index in [0.29, 0.717) is 18.2 Å². The molecule has 0 aliphatic carbocycles. The third-order valence-corrected chi connectivity index (χ3v) is 4.36. The van der Waals surface area contributed by atoms with Crippen LogP contribution in [0.1, 0.15) is 12.8 Å². The van der Waals surface area contributed by atoms with E-state index in [-0.39, 0.29) is 22.5 Å². The third kappa shape index (κ3) is 4.03. The molecule has 1 aromatic carbocycles. The lowest BCUT2D eigenvalue weighted by atomic mass is 9.97. The molecule has 1 N–H and O–H groups in total. The van der Waals surface area contributed by atoms with Crippen molar-refractivity contribution in [2.45, 2.75) is 12.8 Å². The number of hydrogen-bond donors (Lipinski definition) is 1. The molecule has 1 aliphatic heterocycles. The number of carbonyl (C=O) groups excluding carboxylic acids is 1. The number of nitro benzene ring substituents is 1. The molecule has 1 saturated heterocycles. The van der Waals surface area contributed by atoms with Gasteiger partial charge in [0, 0.05) is 37.2 Å². The van der Waals surface area contributed by atoms with Crippen LogP contribution in [0.3, 0.4) is 0 Å². The predicted molar refractivity (Wildman–Crippen MR) is 93.7 cm³/mol. The van der Waals surface area contributed by atoms with Crippen molar-refractivity contribution in [3.63, 3.8) is 0 Å². The maximum absolute atomic E-state index is 12.5. The number of anilines is 2. The maximum Gasteiger partial charge on any atom is 0.289 e. The van der Waals surface area contributed by atoms with Gasteiger partial charge in [0.15, 0.2) is 0 Å². The molecule has 8 nitrogen and oxygen atoms in total. The number of nitrogens with one attached hydrogen (secondary N) is 1. The van der Waals surface area contributed by atoms with Crippen molar-refractivity contribution in [2.24, 2.45) is 5.92 Å². The average Bonchev–Trinajstić information content (AvgIpc) is 2.64. The van der Waals surface area contributed by atoms with Gasteiger partial charge in [-0.1, -0.05) is 11.6 Å². The Hall–Kier alpha value is -2.74. The molecule has 1 aliphatic rings. The fourth-order valence-electron chi connectivity index (χ4n) is 2.80. The summed E-state index contributed by atoms with van der Waals surface area (Å²) in [5.41, 5.74) is 0.122. The maximum atomic E-state index is 12.5. The second kappa shape index (κ2) is 7.43. The van der Waals surface area contributed by atoms with E-state index in [1.54, 1.807) is 24.5 Å². The molecule has 130 valence electrons. The van der Waals surface area contributed by atoms with Crippen LogP contribution in [0.15, 0.2) is 36.7 Å². The Morgan fingerprint density at radius 1 is 1.36 bits per heavy atom. The van der Waals surface area contributed by atoms with Crippen LogP contribution in [-0.4, -0.2) is 33.9 Å². The van der Waals surface area contributed by atoms with Crippen molar-refractivity contribution in [3.05, 3.63) is 51.8 Å². The SMILES string of the molecule is O=C(Nc1ccc(Cl)c([N+](=O)[O-])c1)C1CCCN(c2ncccn2)C1. The van der Waals surface area contributed by atoms with Crippen LogP contribution in [0, 0.1) is 16.0 Å². The van der Waals surface area contributed by atoms with Gasteiger partial charge in [-0.3, -0.25) is 14.9 Å². The van der Waals surface area contributed by atoms with Gasteiger partial charge in [-0.25, -0.2) is 9.97 Å². The normalized spacial score (nSPS) is 17.2. The summed E-state index contributed by atoms with van der Waals surface area (Å²) in [6.07, 6.45) is 4.92. The van der Waals surface area contributed by atoms with Crippen LogP contribution in [0.25, 0.3) is 0 Å². The minimum Gasteiger partial charge on any atom is -0.340 e. The molecule has 1 unspecified atom stereocenters. The summed E-state index contributed by atoms with van der Waals surface area (Å²) in [7, 11) is 0. The van der Waals surface area contributed by atoms with Gasteiger partial charge < -0.3 is 10.2 Å². The van der Waals surface area contributed by atoms with E-state index in [1.165, 1.54) is 12.1 Å². The summed E-state index contributed by atoms with van der Waals surface area (Å²) < 4.78 is 0. The summed E-state index contributed by atoms with van der Waals surface area (Å²) in [6, 6.07) is 5.96. The van der Waals surface area contributed by atoms with Gasteiger partial charge in [0.05, 0.1) is 10.8 Å². The molecule has 1 amide bonds. The van der Waals surface area contributed by atoms with Crippen LogP contribution in [0.2, 0.25) is 5.02 Å². The second-order valence-electron chi connectivity index (χ2n) is 5.75. The minimum atomic E-state index is -0.576. The number of carbonyl (C=O) groups is 1. The van der Waals surface area contributed by atoms with Crippen LogP contribution in [0.4, 0.5) is 17.3 Å². The fraction of sp³-hybridized carbons (Fsp3) is 0.312. The smallest absolute Gasteiger partial charge is 0.289 e. The largest absolute Gasteiger partial charge is 0.340 e. The first-order valence-electron chi connectivity index (χ1n) is 7.81. The molecule has 2 heterocycles. The van der Waals surface area contributed by atoms with Gasteiger partial charge in [0.25, 0.3) is 5.69 Å². The predicted octanol–water partition coefficient (Wildman–Crippen LogP) is 2.89. The molecule has 0 saturated carbocycles. The molecule has 25 heavy (non-hydrogen) atoms. The molecule has 1 aromatic heterocycles. The molecular weight excluding hydrogens is 346 g/mol. The molecule has 2 aromatic rings. The second-order valence-corrected chi connectivity index (χ2v) is 6.15. The Labute approximate surface area is 149 Å².